The van der Waals surface area contributed by atoms with Crippen LogP contribution in [0.2, 0.25) is 5.02 Å². The third-order valence-electron chi connectivity index (χ3n) is 3.33. The molecule has 1 aliphatic rings. The minimum absolute atomic E-state index is 0.0719. The fourth-order valence-corrected chi connectivity index (χ4v) is 2.53. The van der Waals surface area contributed by atoms with Crippen LogP contribution in [0.5, 0.6) is 5.75 Å². The van der Waals surface area contributed by atoms with Crippen LogP contribution in [0.1, 0.15) is 37.7 Å². The van der Waals surface area contributed by atoms with Crippen LogP contribution in [0.3, 0.4) is 0 Å². The fourth-order valence-electron chi connectivity index (χ4n) is 2.30. The Kier molecular flexibility index (Phi) is 4.30. The molecule has 0 saturated heterocycles. The molecule has 94 valence electrons. The monoisotopic (exact) mass is 254 g/mol. The van der Waals surface area contributed by atoms with Gasteiger partial charge in [0.15, 0.2) is 0 Å². The number of hydrogen-bond donors (Lipinski definition) is 1. The lowest BCUT2D eigenvalue weighted by Crippen LogP contribution is -2.30. The van der Waals surface area contributed by atoms with Gasteiger partial charge in [0, 0.05) is 5.02 Å². The smallest absolute Gasteiger partial charge is 0.124 e. The van der Waals surface area contributed by atoms with Gasteiger partial charge in [0.1, 0.15) is 11.9 Å². The van der Waals surface area contributed by atoms with Crippen LogP contribution >= 0.6 is 11.6 Å². The highest BCUT2D eigenvalue weighted by Gasteiger charge is 2.23. The fraction of sp³-hybridized carbons (Fsp3) is 0.571. The number of halogens is 1. The summed E-state index contributed by atoms with van der Waals surface area (Å²) >= 11 is 5.91. The molecule has 0 spiro atoms. The molecule has 1 aromatic rings. The van der Waals surface area contributed by atoms with Gasteiger partial charge >= 0.3 is 0 Å². The van der Waals surface area contributed by atoms with Crippen LogP contribution < -0.4 is 4.74 Å². The first-order valence-corrected chi connectivity index (χ1v) is 6.65. The van der Waals surface area contributed by atoms with E-state index in [0.717, 1.165) is 42.0 Å². The maximum atomic E-state index is 10.0. The van der Waals surface area contributed by atoms with Crippen LogP contribution in [-0.4, -0.2) is 17.3 Å². The van der Waals surface area contributed by atoms with E-state index in [0.29, 0.717) is 0 Å². The lowest BCUT2D eigenvalue weighted by atomic mass is 10.1. The van der Waals surface area contributed by atoms with Crippen LogP contribution in [-0.2, 0) is 0 Å². The predicted octanol–water partition coefficient (Wildman–Crippen LogP) is 3.72. The number of benzene rings is 1. The SMILES string of the molecule is Cc1cc(Cl)ccc1OC1CCCCCC1O. The molecule has 1 fully saturated rings. The molecule has 17 heavy (non-hydrogen) atoms. The second-order valence-corrected chi connectivity index (χ2v) is 5.21. The lowest BCUT2D eigenvalue weighted by molar-refractivity contribution is 0.0316. The summed E-state index contributed by atoms with van der Waals surface area (Å²) in [4.78, 5) is 0. The Morgan fingerprint density at radius 1 is 1.24 bits per heavy atom. The molecule has 2 unspecified atom stereocenters. The summed E-state index contributed by atoms with van der Waals surface area (Å²) in [7, 11) is 0. The van der Waals surface area contributed by atoms with Crippen molar-refractivity contribution in [1.82, 2.24) is 0 Å². The van der Waals surface area contributed by atoms with Crippen LogP contribution in [0.4, 0.5) is 0 Å². The van der Waals surface area contributed by atoms with E-state index in [2.05, 4.69) is 0 Å². The molecule has 1 aromatic carbocycles. The van der Waals surface area contributed by atoms with E-state index in [-0.39, 0.29) is 12.2 Å². The molecule has 1 saturated carbocycles. The van der Waals surface area contributed by atoms with Crippen molar-refractivity contribution in [3.63, 3.8) is 0 Å². The van der Waals surface area contributed by atoms with Gasteiger partial charge in [0.2, 0.25) is 0 Å². The molecule has 3 heteroatoms. The number of hydrogen-bond acceptors (Lipinski definition) is 2. The largest absolute Gasteiger partial charge is 0.487 e. The average Bonchev–Trinajstić information content (AvgIpc) is 2.48. The van der Waals surface area contributed by atoms with Gasteiger partial charge in [-0.1, -0.05) is 24.4 Å². The summed E-state index contributed by atoms with van der Waals surface area (Å²) in [5.41, 5.74) is 1.02. The quantitative estimate of drug-likeness (QED) is 0.815. The van der Waals surface area contributed by atoms with E-state index in [4.69, 9.17) is 16.3 Å². The van der Waals surface area contributed by atoms with E-state index < -0.39 is 0 Å². The third kappa shape index (κ3) is 3.36. The number of aliphatic hydroxyl groups excluding tert-OH is 1. The van der Waals surface area contributed by atoms with Crippen molar-refractivity contribution in [3.05, 3.63) is 28.8 Å². The molecule has 0 aliphatic heterocycles. The first-order chi connectivity index (χ1) is 8.16. The minimum Gasteiger partial charge on any atom is -0.487 e. The highest BCUT2D eigenvalue weighted by atomic mass is 35.5. The Balaban J connectivity index is 2.08. The summed E-state index contributed by atoms with van der Waals surface area (Å²) < 4.78 is 5.92. The normalized spacial score (nSPS) is 25.4. The zero-order chi connectivity index (χ0) is 12.3. The first kappa shape index (κ1) is 12.7. The number of aliphatic hydroxyl groups is 1. The third-order valence-corrected chi connectivity index (χ3v) is 3.57. The van der Waals surface area contributed by atoms with E-state index in [1.807, 2.05) is 25.1 Å². The van der Waals surface area contributed by atoms with E-state index in [1.54, 1.807) is 0 Å². The second kappa shape index (κ2) is 5.74. The summed E-state index contributed by atoms with van der Waals surface area (Å²) in [6, 6.07) is 5.60. The highest BCUT2D eigenvalue weighted by molar-refractivity contribution is 6.30. The summed E-state index contributed by atoms with van der Waals surface area (Å²) in [5, 5.41) is 10.7. The molecule has 0 bridgehead atoms. The zero-order valence-corrected chi connectivity index (χ0v) is 10.9. The molecule has 1 N–H and O–H groups in total. The van der Waals surface area contributed by atoms with Crippen LogP contribution in [0.25, 0.3) is 0 Å². The molecule has 2 rings (SSSR count). The van der Waals surface area contributed by atoms with Crippen molar-refractivity contribution < 1.29 is 9.84 Å². The molecule has 0 radical (unpaired) electrons. The Morgan fingerprint density at radius 2 is 2.00 bits per heavy atom. The number of aryl methyl sites for hydroxylation is 1. The standard InChI is InChI=1S/C14H19ClO2/c1-10-9-11(15)7-8-13(10)17-14-6-4-2-3-5-12(14)16/h7-9,12,14,16H,2-6H2,1H3. The predicted molar refractivity (Wildman–Crippen MR) is 69.7 cm³/mol. The van der Waals surface area contributed by atoms with Gasteiger partial charge in [-0.25, -0.2) is 0 Å². The molecule has 1 aliphatic carbocycles. The molecule has 0 heterocycles. The maximum absolute atomic E-state index is 10.0. The lowest BCUT2D eigenvalue weighted by Gasteiger charge is -2.23. The molecule has 2 atom stereocenters. The highest BCUT2D eigenvalue weighted by Crippen LogP contribution is 2.27. The van der Waals surface area contributed by atoms with Crippen molar-refractivity contribution >= 4 is 11.6 Å². The van der Waals surface area contributed by atoms with Gasteiger partial charge in [-0.2, -0.15) is 0 Å². The van der Waals surface area contributed by atoms with Crippen molar-refractivity contribution in [1.29, 1.82) is 0 Å². The molecular formula is C14H19ClO2. The van der Waals surface area contributed by atoms with Crippen molar-refractivity contribution in [2.45, 2.75) is 51.2 Å². The Labute approximate surface area is 108 Å². The molecule has 0 amide bonds. The minimum atomic E-state index is -0.340. The van der Waals surface area contributed by atoms with Gasteiger partial charge in [0.05, 0.1) is 6.10 Å². The molecule has 0 aromatic heterocycles. The van der Waals surface area contributed by atoms with E-state index >= 15 is 0 Å². The summed E-state index contributed by atoms with van der Waals surface area (Å²) in [5.74, 6) is 0.834. The number of rotatable bonds is 2. The van der Waals surface area contributed by atoms with Gasteiger partial charge in [0.25, 0.3) is 0 Å². The van der Waals surface area contributed by atoms with E-state index in [1.165, 1.54) is 6.42 Å². The van der Waals surface area contributed by atoms with Crippen molar-refractivity contribution in [2.75, 3.05) is 0 Å². The van der Waals surface area contributed by atoms with Crippen molar-refractivity contribution in [3.8, 4) is 5.75 Å². The second-order valence-electron chi connectivity index (χ2n) is 4.77. The van der Waals surface area contributed by atoms with Crippen molar-refractivity contribution in [2.24, 2.45) is 0 Å². The first-order valence-electron chi connectivity index (χ1n) is 6.27. The van der Waals surface area contributed by atoms with Crippen LogP contribution in [0, 0.1) is 6.92 Å². The van der Waals surface area contributed by atoms with Gasteiger partial charge in [-0.05, 0) is 49.9 Å². The van der Waals surface area contributed by atoms with Crippen LogP contribution in [0.15, 0.2) is 18.2 Å². The topological polar surface area (TPSA) is 29.5 Å². The summed E-state index contributed by atoms with van der Waals surface area (Å²) in [6.45, 7) is 1.98. The molecule has 2 nitrogen and oxygen atoms in total. The zero-order valence-electron chi connectivity index (χ0n) is 10.2. The Bertz CT molecular complexity index is 378. The molecular weight excluding hydrogens is 236 g/mol. The average molecular weight is 255 g/mol. The van der Waals surface area contributed by atoms with Gasteiger partial charge in [-0.3, -0.25) is 0 Å². The maximum Gasteiger partial charge on any atom is 0.124 e. The van der Waals surface area contributed by atoms with E-state index in [9.17, 15) is 5.11 Å². The van der Waals surface area contributed by atoms with Gasteiger partial charge < -0.3 is 9.84 Å². The van der Waals surface area contributed by atoms with Gasteiger partial charge in [-0.15, -0.1) is 0 Å². The summed E-state index contributed by atoms with van der Waals surface area (Å²) in [6.07, 6.45) is 4.79. The Hall–Kier alpha value is -0.730. The number of ether oxygens (including phenoxy) is 1. The Morgan fingerprint density at radius 3 is 2.76 bits per heavy atom.